The highest BCUT2D eigenvalue weighted by Gasteiger charge is 2.10. The monoisotopic (exact) mass is 295 g/mol. The fourth-order valence-corrected chi connectivity index (χ4v) is 1.59. The van der Waals surface area contributed by atoms with E-state index in [1.807, 2.05) is 0 Å². The summed E-state index contributed by atoms with van der Waals surface area (Å²) in [6.07, 6.45) is 0. The van der Waals surface area contributed by atoms with Gasteiger partial charge in [0.2, 0.25) is 5.91 Å². The number of carbonyl (C=O) groups is 3. The van der Waals surface area contributed by atoms with Crippen molar-refractivity contribution in [2.24, 2.45) is 5.73 Å². The highest BCUT2D eigenvalue weighted by Crippen LogP contribution is 2.15. The number of anilines is 1. The van der Waals surface area contributed by atoms with Crippen LogP contribution in [0.25, 0.3) is 0 Å². The third-order valence-corrected chi connectivity index (χ3v) is 2.51. The van der Waals surface area contributed by atoms with Gasteiger partial charge < -0.3 is 26.2 Å². The molecule has 8 nitrogen and oxygen atoms in total. The van der Waals surface area contributed by atoms with Gasteiger partial charge in [0.05, 0.1) is 6.04 Å². The van der Waals surface area contributed by atoms with Crippen LogP contribution in [0.1, 0.15) is 18.5 Å². The van der Waals surface area contributed by atoms with Gasteiger partial charge >= 0.3 is 12.0 Å². The molecule has 0 radical (unpaired) electrons. The summed E-state index contributed by atoms with van der Waals surface area (Å²) in [6.45, 7) is 0.929. The molecule has 0 bridgehead atoms. The van der Waals surface area contributed by atoms with Gasteiger partial charge in [0.1, 0.15) is 13.2 Å². The Hall–Kier alpha value is -2.61. The van der Waals surface area contributed by atoms with E-state index >= 15 is 0 Å². The number of amides is 3. The van der Waals surface area contributed by atoms with E-state index in [-0.39, 0.29) is 12.6 Å². The number of urea groups is 1. The van der Waals surface area contributed by atoms with Crippen LogP contribution in [0.5, 0.6) is 0 Å². The molecule has 0 heterocycles. The molecule has 0 aliphatic rings. The number of carboxylic acids is 1. The molecule has 114 valence electrons. The molecule has 1 rings (SSSR count). The summed E-state index contributed by atoms with van der Waals surface area (Å²) in [5, 5.41) is 13.5. The first-order chi connectivity index (χ1) is 9.88. The topological polar surface area (TPSA) is 131 Å². The smallest absolute Gasteiger partial charge is 0.329 e. The van der Waals surface area contributed by atoms with Crippen LogP contribution >= 0.6 is 0 Å². The Balaban J connectivity index is 2.47. The quantitative estimate of drug-likeness (QED) is 0.580. The van der Waals surface area contributed by atoms with Crippen molar-refractivity contribution >= 4 is 23.6 Å². The van der Waals surface area contributed by atoms with Gasteiger partial charge in [-0.1, -0.05) is 12.1 Å². The van der Waals surface area contributed by atoms with E-state index in [0.29, 0.717) is 5.69 Å². The summed E-state index contributed by atoms with van der Waals surface area (Å²) in [5.41, 5.74) is 6.36. The highest BCUT2D eigenvalue weighted by molar-refractivity contribution is 5.87. The van der Waals surface area contributed by atoms with Crippen molar-refractivity contribution < 1.29 is 24.2 Å². The molecule has 0 fully saturated rings. The standard InChI is InChI=1S/C13H17N3O5/c1-8(15-11(17)6-21-7-12(18)19)9-2-4-10(5-3-9)16-13(14)20/h2-5,8H,6-7H2,1H3,(H,15,17)(H,18,19)(H3,14,16,20). The summed E-state index contributed by atoms with van der Waals surface area (Å²) >= 11 is 0. The average Bonchev–Trinajstić information content (AvgIpc) is 2.38. The van der Waals surface area contributed by atoms with Crippen LogP contribution in [0.15, 0.2) is 24.3 Å². The lowest BCUT2D eigenvalue weighted by Crippen LogP contribution is -2.31. The number of carbonyl (C=O) groups excluding carboxylic acids is 2. The lowest BCUT2D eigenvalue weighted by atomic mass is 10.1. The minimum atomic E-state index is -1.13. The van der Waals surface area contributed by atoms with Gasteiger partial charge in [-0.25, -0.2) is 9.59 Å². The molecule has 1 atom stereocenters. The molecule has 0 saturated heterocycles. The Morgan fingerprint density at radius 1 is 1.24 bits per heavy atom. The molecule has 1 aromatic rings. The van der Waals surface area contributed by atoms with Crippen LogP contribution in [0, 0.1) is 0 Å². The van der Waals surface area contributed by atoms with Gasteiger partial charge in [0.15, 0.2) is 0 Å². The third-order valence-electron chi connectivity index (χ3n) is 2.51. The summed E-state index contributed by atoms with van der Waals surface area (Å²) in [7, 11) is 0. The predicted molar refractivity (Wildman–Crippen MR) is 74.7 cm³/mol. The van der Waals surface area contributed by atoms with Crippen LogP contribution in [0.4, 0.5) is 10.5 Å². The summed E-state index contributed by atoms with van der Waals surface area (Å²) in [4.78, 5) is 32.4. The Morgan fingerprint density at radius 3 is 2.38 bits per heavy atom. The van der Waals surface area contributed by atoms with Gasteiger partial charge in [-0.2, -0.15) is 0 Å². The molecule has 21 heavy (non-hydrogen) atoms. The lowest BCUT2D eigenvalue weighted by Gasteiger charge is -2.14. The Kier molecular flexibility index (Phi) is 6.15. The van der Waals surface area contributed by atoms with Crippen molar-refractivity contribution in [1.29, 1.82) is 0 Å². The molecule has 1 unspecified atom stereocenters. The summed E-state index contributed by atoms with van der Waals surface area (Å²) in [6, 6.07) is 5.84. The van der Waals surface area contributed by atoms with Crippen molar-refractivity contribution in [3.05, 3.63) is 29.8 Å². The van der Waals surface area contributed by atoms with E-state index in [1.165, 1.54) is 0 Å². The molecular formula is C13H17N3O5. The van der Waals surface area contributed by atoms with Crippen LogP contribution in [0.3, 0.4) is 0 Å². The van der Waals surface area contributed by atoms with E-state index in [2.05, 4.69) is 15.4 Å². The van der Waals surface area contributed by atoms with E-state index in [4.69, 9.17) is 10.8 Å². The molecular weight excluding hydrogens is 278 g/mol. The minimum absolute atomic E-state index is 0.284. The molecule has 0 saturated carbocycles. The van der Waals surface area contributed by atoms with Gasteiger partial charge in [-0.05, 0) is 24.6 Å². The van der Waals surface area contributed by atoms with Gasteiger partial charge in [-0.15, -0.1) is 0 Å². The second kappa shape index (κ2) is 7.85. The van der Waals surface area contributed by atoms with E-state index < -0.39 is 24.5 Å². The van der Waals surface area contributed by atoms with Crippen molar-refractivity contribution in [1.82, 2.24) is 5.32 Å². The van der Waals surface area contributed by atoms with Gasteiger partial charge in [-0.3, -0.25) is 4.79 Å². The first-order valence-corrected chi connectivity index (χ1v) is 6.14. The molecule has 0 aliphatic heterocycles. The average molecular weight is 295 g/mol. The van der Waals surface area contributed by atoms with E-state index in [9.17, 15) is 14.4 Å². The normalized spacial score (nSPS) is 11.5. The zero-order valence-electron chi connectivity index (χ0n) is 11.5. The number of rotatable bonds is 7. The van der Waals surface area contributed by atoms with Crippen LogP contribution < -0.4 is 16.4 Å². The fraction of sp³-hybridized carbons (Fsp3) is 0.308. The van der Waals surface area contributed by atoms with Crippen molar-refractivity contribution in [2.45, 2.75) is 13.0 Å². The predicted octanol–water partition coefficient (Wildman–Crippen LogP) is 0.456. The molecule has 0 spiro atoms. The van der Waals surface area contributed by atoms with Gasteiger partial charge in [0.25, 0.3) is 0 Å². The third kappa shape index (κ3) is 6.39. The molecule has 8 heteroatoms. The molecule has 0 aromatic heterocycles. The molecule has 3 amide bonds. The van der Waals surface area contributed by atoms with Crippen LogP contribution in [0.2, 0.25) is 0 Å². The maximum absolute atomic E-state index is 11.5. The Labute approximate surface area is 121 Å². The molecule has 1 aromatic carbocycles. The molecule has 5 N–H and O–H groups in total. The summed E-state index contributed by atoms with van der Waals surface area (Å²) < 4.78 is 4.68. The fourth-order valence-electron chi connectivity index (χ4n) is 1.59. The van der Waals surface area contributed by atoms with Crippen LogP contribution in [-0.4, -0.2) is 36.2 Å². The number of benzene rings is 1. The lowest BCUT2D eigenvalue weighted by molar-refractivity contribution is -0.143. The highest BCUT2D eigenvalue weighted by atomic mass is 16.5. The minimum Gasteiger partial charge on any atom is -0.480 e. The molecule has 0 aliphatic carbocycles. The second-order valence-corrected chi connectivity index (χ2v) is 4.29. The number of nitrogens with two attached hydrogens (primary N) is 1. The van der Waals surface area contributed by atoms with Crippen molar-refractivity contribution in [3.8, 4) is 0 Å². The number of aliphatic carboxylic acids is 1. The number of hydrogen-bond donors (Lipinski definition) is 4. The zero-order valence-corrected chi connectivity index (χ0v) is 11.5. The Bertz CT molecular complexity index is 515. The van der Waals surface area contributed by atoms with E-state index in [0.717, 1.165) is 5.56 Å². The zero-order chi connectivity index (χ0) is 15.8. The van der Waals surface area contributed by atoms with Crippen LogP contribution in [-0.2, 0) is 14.3 Å². The van der Waals surface area contributed by atoms with Crippen molar-refractivity contribution in [3.63, 3.8) is 0 Å². The first kappa shape index (κ1) is 16.4. The maximum Gasteiger partial charge on any atom is 0.329 e. The summed E-state index contributed by atoms with van der Waals surface area (Å²) in [5.74, 6) is -1.54. The van der Waals surface area contributed by atoms with Gasteiger partial charge in [0, 0.05) is 5.69 Å². The number of nitrogens with one attached hydrogen (secondary N) is 2. The maximum atomic E-state index is 11.5. The largest absolute Gasteiger partial charge is 0.480 e. The first-order valence-electron chi connectivity index (χ1n) is 6.14. The Morgan fingerprint density at radius 2 is 1.86 bits per heavy atom. The second-order valence-electron chi connectivity index (χ2n) is 4.29. The number of carboxylic acid groups (broad SMARTS) is 1. The number of primary amides is 1. The number of hydrogen-bond acceptors (Lipinski definition) is 4. The van der Waals surface area contributed by atoms with Crippen molar-refractivity contribution in [2.75, 3.05) is 18.5 Å². The van der Waals surface area contributed by atoms with E-state index in [1.54, 1.807) is 31.2 Å². The number of ether oxygens (including phenoxy) is 1. The SMILES string of the molecule is CC(NC(=O)COCC(=O)O)c1ccc(NC(N)=O)cc1.